The van der Waals surface area contributed by atoms with E-state index in [0.717, 1.165) is 24.2 Å². The third-order valence-electron chi connectivity index (χ3n) is 6.80. The summed E-state index contributed by atoms with van der Waals surface area (Å²) in [5.74, 6) is -0.111. The van der Waals surface area contributed by atoms with E-state index in [1.807, 2.05) is 0 Å². The third kappa shape index (κ3) is 3.73. The van der Waals surface area contributed by atoms with Gasteiger partial charge in [-0.15, -0.1) is 0 Å². The zero-order valence-electron chi connectivity index (χ0n) is 20.7. The van der Waals surface area contributed by atoms with Crippen molar-refractivity contribution in [3.63, 3.8) is 0 Å². The van der Waals surface area contributed by atoms with Gasteiger partial charge in [-0.05, 0) is 48.7 Å². The maximum atomic E-state index is 13.5. The molecule has 2 aromatic carbocycles. The molecule has 10 nitrogen and oxygen atoms in total. The lowest BCUT2D eigenvalue weighted by atomic mass is 9.96. The van der Waals surface area contributed by atoms with Crippen LogP contribution in [0.1, 0.15) is 29.3 Å². The summed E-state index contributed by atoms with van der Waals surface area (Å²) in [5, 5.41) is 11.4. The van der Waals surface area contributed by atoms with Crippen LogP contribution in [0.4, 0.5) is 5.95 Å². The van der Waals surface area contributed by atoms with Crippen LogP contribution < -0.4 is 19.1 Å². The number of hydrogen-bond donors (Lipinski definition) is 2. The number of nitrogens with zero attached hydrogens (tertiary/aromatic N) is 3. The molecule has 0 spiro atoms. The van der Waals surface area contributed by atoms with Crippen molar-refractivity contribution in [1.29, 1.82) is 0 Å². The molecule has 2 aromatic heterocycles. The van der Waals surface area contributed by atoms with Gasteiger partial charge < -0.3 is 24.3 Å². The highest BCUT2D eigenvalue weighted by Gasteiger charge is 2.49. The molecule has 0 bridgehead atoms. The zero-order chi connectivity index (χ0) is 26.4. The number of H-pyrrole nitrogens is 1. The molecular weight excluding hydrogens is 488 g/mol. The number of Topliss-reactive ketones (excluding diaryl/α,β-unsaturated/α-hetero) is 1. The number of anilines is 1. The number of methoxy groups -OCH3 is 2. The SMILES string of the molecule is COc1cc2nc(N3C(=O)C(=O)/C(=C(/O)c4ccc5c(c4)CCCO5)C3c3ccccn3)[nH]c2cc1OC. The van der Waals surface area contributed by atoms with E-state index >= 15 is 0 Å². The Bertz CT molecular complexity index is 1570. The highest BCUT2D eigenvalue weighted by atomic mass is 16.5. The predicted molar refractivity (Wildman–Crippen MR) is 138 cm³/mol. The molecule has 2 aliphatic heterocycles. The first-order valence-electron chi connectivity index (χ1n) is 12.1. The van der Waals surface area contributed by atoms with Crippen molar-refractivity contribution >= 4 is 34.4 Å². The van der Waals surface area contributed by atoms with Gasteiger partial charge in [0.15, 0.2) is 11.5 Å². The number of aryl methyl sites for hydroxylation is 1. The smallest absolute Gasteiger partial charge is 0.302 e. The van der Waals surface area contributed by atoms with Gasteiger partial charge in [0, 0.05) is 23.9 Å². The lowest BCUT2D eigenvalue weighted by Crippen LogP contribution is -2.30. The second-order valence-corrected chi connectivity index (χ2v) is 8.98. The van der Waals surface area contributed by atoms with Crippen LogP contribution in [0.3, 0.4) is 0 Å². The van der Waals surface area contributed by atoms with Gasteiger partial charge in [0.25, 0.3) is 5.78 Å². The van der Waals surface area contributed by atoms with Crippen LogP contribution in [-0.2, 0) is 16.0 Å². The molecule has 10 heteroatoms. The van der Waals surface area contributed by atoms with Crippen molar-refractivity contribution in [2.75, 3.05) is 25.7 Å². The van der Waals surface area contributed by atoms with Gasteiger partial charge in [-0.3, -0.25) is 19.5 Å². The van der Waals surface area contributed by atoms with Crippen molar-refractivity contribution in [2.45, 2.75) is 18.9 Å². The minimum Gasteiger partial charge on any atom is -0.507 e. The molecule has 4 aromatic rings. The van der Waals surface area contributed by atoms with Crippen molar-refractivity contribution < 1.29 is 28.9 Å². The number of aromatic nitrogens is 3. The van der Waals surface area contributed by atoms with Gasteiger partial charge in [0.05, 0.1) is 43.1 Å². The van der Waals surface area contributed by atoms with Crippen molar-refractivity contribution in [3.05, 3.63) is 77.1 Å². The maximum Gasteiger partial charge on any atom is 0.302 e. The fraction of sp³-hybridized carbons (Fsp3) is 0.214. The summed E-state index contributed by atoms with van der Waals surface area (Å²) >= 11 is 0. The molecule has 4 heterocycles. The number of imidazole rings is 1. The first kappa shape index (κ1) is 23.5. The number of ketones is 1. The monoisotopic (exact) mass is 512 g/mol. The Labute approximate surface area is 217 Å². The van der Waals surface area contributed by atoms with Crippen molar-refractivity contribution in [3.8, 4) is 17.2 Å². The van der Waals surface area contributed by atoms with Crippen LogP contribution in [-0.4, -0.2) is 52.6 Å². The molecule has 2 aliphatic rings. The standard InChI is InChI=1S/C28H24N4O6/c1-36-21-13-18-19(14-22(21)37-2)31-28(30-18)32-24(17-7-3-4-10-29-17)23(26(34)27(32)35)25(33)16-8-9-20-15(12-16)6-5-11-38-20/h3-4,7-10,12-14,24,33H,5-6,11H2,1-2H3,(H,30,31)/b25-23+. The van der Waals surface area contributed by atoms with E-state index in [4.69, 9.17) is 14.2 Å². The minimum atomic E-state index is -1.01. The fourth-order valence-electron chi connectivity index (χ4n) is 4.97. The molecule has 2 N–H and O–H groups in total. The van der Waals surface area contributed by atoms with Crippen LogP contribution in [0, 0.1) is 0 Å². The summed E-state index contributed by atoms with van der Waals surface area (Å²) in [6.07, 6.45) is 3.22. The Balaban J connectivity index is 1.52. The molecule has 0 saturated carbocycles. The van der Waals surface area contributed by atoms with E-state index < -0.39 is 17.7 Å². The van der Waals surface area contributed by atoms with E-state index in [1.165, 1.54) is 19.1 Å². The molecule has 1 amide bonds. The molecule has 1 saturated heterocycles. The number of aliphatic hydroxyl groups excluding tert-OH is 1. The molecule has 1 fully saturated rings. The summed E-state index contributed by atoms with van der Waals surface area (Å²) in [6.45, 7) is 0.637. The molecular formula is C28H24N4O6. The topological polar surface area (TPSA) is 127 Å². The van der Waals surface area contributed by atoms with Gasteiger partial charge >= 0.3 is 5.91 Å². The number of aromatic amines is 1. The van der Waals surface area contributed by atoms with Gasteiger partial charge in [-0.25, -0.2) is 4.98 Å². The number of aliphatic hydroxyl groups is 1. The lowest BCUT2D eigenvalue weighted by molar-refractivity contribution is -0.132. The van der Waals surface area contributed by atoms with Crippen LogP contribution in [0.5, 0.6) is 17.2 Å². The van der Waals surface area contributed by atoms with Gasteiger partial charge in [-0.1, -0.05) is 6.07 Å². The molecule has 0 radical (unpaired) electrons. The number of nitrogens with one attached hydrogen (secondary N) is 1. The second-order valence-electron chi connectivity index (χ2n) is 8.98. The maximum absolute atomic E-state index is 13.5. The number of carbonyl (C=O) groups excluding carboxylic acids is 2. The quantitative estimate of drug-likeness (QED) is 0.234. The molecule has 192 valence electrons. The van der Waals surface area contributed by atoms with E-state index in [-0.39, 0.29) is 17.3 Å². The van der Waals surface area contributed by atoms with Crippen molar-refractivity contribution in [2.24, 2.45) is 0 Å². The Morgan fingerprint density at radius 3 is 2.68 bits per heavy atom. The Hall–Kier alpha value is -4.86. The van der Waals surface area contributed by atoms with Gasteiger partial charge in [0.1, 0.15) is 17.6 Å². The molecule has 1 atom stereocenters. The number of ether oxygens (including phenoxy) is 3. The summed E-state index contributed by atoms with van der Waals surface area (Å²) in [4.78, 5) is 40.3. The minimum absolute atomic E-state index is 0.0685. The molecule has 6 rings (SSSR count). The van der Waals surface area contributed by atoms with E-state index in [2.05, 4.69) is 15.0 Å². The number of benzene rings is 2. The number of pyridine rings is 1. The van der Waals surface area contributed by atoms with Crippen LogP contribution in [0.2, 0.25) is 0 Å². The van der Waals surface area contributed by atoms with Crippen LogP contribution in [0.25, 0.3) is 16.8 Å². The Morgan fingerprint density at radius 2 is 1.92 bits per heavy atom. The van der Waals surface area contributed by atoms with Crippen LogP contribution in [0.15, 0.2) is 60.3 Å². The first-order valence-corrected chi connectivity index (χ1v) is 12.1. The summed E-state index contributed by atoms with van der Waals surface area (Å²) in [5.41, 5.74) is 2.78. The van der Waals surface area contributed by atoms with Crippen molar-refractivity contribution in [1.82, 2.24) is 15.0 Å². The molecule has 0 aliphatic carbocycles. The highest BCUT2D eigenvalue weighted by molar-refractivity contribution is 6.51. The number of carbonyl (C=O) groups is 2. The fourth-order valence-corrected chi connectivity index (χ4v) is 4.97. The average Bonchev–Trinajstić information content (AvgIpc) is 3.49. The first-order chi connectivity index (χ1) is 18.5. The Morgan fingerprint density at radius 1 is 1.11 bits per heavy atom. The number of amides is 1. The molecule has 1 unspecified atom stereocenters. The average molecular weight is 513 g/mol. The van der Waals surface area contributed by atoms with Gasteiger partial charge in [0.2, 0.25) is 5.95 Å². The molecule has 38 heavy (non-hydrogen) atoms. The predicted octanol–water partition coefficient (Wildman–Crippen LogP) is 3.93. The van der Waals surface area contributed by atoms with E-state index in [0.29, 0.717) is 40.4 Å². The lowest BCUT2D eigenvalue weighted by Gasteiger charge is -2.22. The van der Waals surface area contributed by atoms with Crippen LogP contribution >= 0.6 is 0 Å². The van der Waals surface area contributed by atoms with E-state index in [9.17, 15) is 14.7 Å². The summed E-state index contributed by atoms with van der Waals surface area (Å²) in [7, 11) is 3.04. The number of rotatable bonds is 5. The zero-order valence-corrected chi connectivity index (χ0v) is 20.7. The van der Waals surface area contributed by atoms with E-state index in [1.54, 1.807) is 54.7 Å². The normalized spacial score (nSPS) is 18.4. The second kappa shape index (κ2) is 9.22. The third-order valence-corrected chi connectivity index (χ3v) is 6.80. The number of hydrogen-bond acceptors (Lipinski definition) is 8. The van der Waals surface area contributed by atoms with Gasteiger partial charge in [-0.2, -0.15) is 0 Å². The number of fused-ring (bicyclic) bond motifs is 2. The Kier molecular flexibility index (Phi) is 5.71. The largest absolute Gasteiger partial charge is 0.507 e. The summed E-state index contributed by atoms with van der Waals surface area (Å²) in [6, 6.07) is 12.8. The summed E-state index contributed by atoms with van der Waals surface area (Å²) < 4.78 is 16.4. The highest BCUT2D eigenvalue weighted by Crippen LogP contribution is 2.42.